The highest BCUT2D eigenvalue weighted by Gasteiger charge is 2.56. The molecule has 1 aromatic carbocycles. The van der Waals surface area contributed by atoms with E-state index in [9.17, 15) is 24.4 Å². The quantitative estimate of drug-likeness (QED) is 0.582. The highest BCUT2D eigenvalue weighted by Crippen LogP contribution is 2.48. The van der Waals surface area contributed by atoms with E-state index in [0.29, 0.717) is 31.0 Å². The summed E-state index contributed by atoms with van der Waals surface area (Å²) in [6, 6.07) is 6.83. The van der Waals surface area contributed by atoms with Gasteiger partial charge in [0.15, 0.2) is 0 Å². The number of primary amides is 1. The number of ether oxygens (including phenoxy) is 1. The summed E-state index contributed by atoms with van der Waals surface area (Å²) < 4.78 is 5.41. The number of hydrogen-bond donors (Lipinski definition) is 2. The summed E-state index contributed by atoms with van der Waals surface area (Å²) >= 11 is 0. The van der Waals surface area contributed by atoms with Crippen LogP contribution in [0, 0.1) is 17.2 Å². The molecule has 1 aliphatic carbocycles. The fourth-order valence-electron chi connectivity index (χ4n) is 6.01. The van der Waals surface area contributed by atoms with Crippen molar-refractivity contribution in [2.24, 2.45) is 11.7 Å². The van der Waals surface area contributed by atoms with Crippen LogP contribution in [0.15, 0.2) is 24.3 Å². The first kappa shape index (κ1) is 25.0. The van der Waals surface area contributed by atoms with Crippen molar-refractivity contribution in [3.05, 3.63) is 29.8 Å². The number of benzene rings is 1. The highest BCUT2D eigenvalue weighted by molar-refractivity contribution is 6.07. The number of likely N-dealkylation sites (tertiary alicyclic amines) is 2. The molecule has 4 aliphatic rings. The molecule has 4 fully saturated rings. The van der Waals surface area contributed by atoms with Crippen LogP contribution in [0.4, 0.5) is 10.5 Å². The topological polar surface area (TPSA) is 149 Å². The second kappa shape index (κ2) is 9.03. The van der Waals surface area contributed by atoms with Crippen molar-refractivity contribution in [2.45, 2.75) is 75.8 Å². The first-order valence-corrected chi connectivity index (χ1v) is 12.7. The van der Waals surface area contributed by atoms with E-state index in [0.717, 1.165) is 6.42 Å². The molecule has 11 nitrogen and oxygen atoms in total. The van der Waals surface area contributed by atoms with Gasteiger partial charge < -0.3 is 25.6 Å². The standard InChI is InChI=1S/C26H32N6O5/c1-26(2,3)37-25(36)29-18(23(34)31-15(11-27)8-14-9-20(14)31)13-30-12-16-10-21(30)24(35)32(16)19-7-5-4-6-17(19)22(28)33/h4-7,14-16,18,20-21H,8-10,12-13H2,1-3H3,(H2,28,33)(H,29,36)/t14-,15+,16+,18+,20+,21+/m1/s1. The maximum atomic E-state index is 13.7. The van der Waals surface area contributed by atoms with Gasteiger partial charge in [0, 0.05) is 19.1 Å². The van der Waals surface area contributed by atoms with Gasteiger partial charge in [-0.3, -0.25) is 19.3 Å². The molecule has 4 amide bonds. The second-order valence-corrected chi connectivity index (χ2v) is 11.3. The number of amides is 4. The van der Waals surface area contributed by atoms with Gasteiger partial charge in [0.05, 0.1) is 29.4 Å². The van der Waals surface area contributed by atoms with Gasteiger partial charge in [-0.1, -0.05) is 12.1 Å². The van der Waals surface area contributed by atoms with Crippen LogP contribution in [-0.4, -0.2) is 82.5 Å². The van der Waals surface area contributed by atoms with E-state index in [1.165, 1.54) is 0 Å². The molecule has 196 valence electrons. The van der Waals surface area contributed by atoms with Crippen molar-refractivity contribution in [1.82, 2.24) is 15.1 Å². The number of piperidine rings is 1. The maximum absolute atomic E-state index is 13.7. The van der Waals surface area contributed by atoms with Gasteiger partial charge >= 0.3 is 6.09 Å². The lowest BCUT2D eigenvalue weighted by molar-refractivity contribution is -0.136. The molecule has 0 aromatic heterocycles. The number of nitriles is 1. The summed E-state index contributed by atoms with van der Waals surface area (Å²) in [5.41, 5.74) is 5.55. The predicted molar refractivity (Wildman–Crippen MR) is 132 cm³/mol. The minimum Gasteiger partial charge on any atom is -0.444 e. The molecule has 11 heteroatoms. The van der Waals surface area contributed by atoms with Gasteiger partial charge in [0.2, 0.25) is 11.8 Å². The lowest BCUT2D eigenvalue weighted by Crippen LogP contribution is -2.59. The number of nitrogens with two attached hydrogens (primary N) is 1. The van der Waals surface area contributed by atoms with Crippen LogP contribution in [-0.2, 0) is 14.3 Å². The molecular weight excluding hydrogens is 476 g/mol. The molecule has 0 unspecified atom stereocenters. The lowest BCUT2D eigenvalue weighted by Gasteiger charge is -2.37. The Morgan fingerprint density at radius 2 is 1.95 bits per heavy atom. The maximum Gasteiger partial charge on any atom is 0.408 e. The second-order valence-electron chi connectivity index (χ2n) is 11.3. The van der Waals surface area contributed by atoms with Gasteiger partial charge in [-0.2, -0.15) is 5.26 Å². The Kier molecular flexibility index (Phi) is 6.10. The number of rotatable bonds is 6. The fraction of sp³-hybridized carbons (Fsp3) is 0.577. The van der Waals surface area contributed by atoms with Gasteiger partial charge in [-0.25, -0.2) is 4.79 Å². The minimum absolute atomic E-state index is 0.0255. The summed E-state index contributed by atoms with van der Waals surface area (Å²) in [5.74, 6) is -0.773. The monoisotopic (exact) mass is 508 g/mol. The average Bonchev–Trinajstić information content (AvgIpc) is 3.15. The minimum atomic E-state index is -0.969. The zero-order valence-corrected chi connectivity index (χ0v) is 21.2. The van der Waals surface area contributed by atoms with E-state index in [1.54, 1.807) is 54.8 Å². The molecule has 37 heavy (non-hydrogen) atoms. The molecule has 3 N–H and O–H groups in total. The number of alkyl carbamates (subject to hydrolysis) is 1. The predicted octanol–water partition coefficient (Wildman–Crippen LogP) is 0.981. The summed E-state index contributed by atoms with van der Waals surface area (Å²) in [4.78, 5) is 56.8. The molecule has 1 aromatic rings. The SMILES string of the molecule is CC(C)(C)OC(=O)N[C@@H](CN1C[C@@H]2C[C@H]1C(=O)N2c1ccccc1C(N)=O)C(=O)N1[C@H](C#N)C[C@@H]2C[C@@H]21. The number of hydrogen-bond acceptors (Lipinski definition) is 7. The summed E-state index contributed by atoms with van der Waals surface area (Å²) in [6.45, 7) is 5.79. The summed E-state index contributed by atoms with van der Waals surface area (Å²) in [6.07, 6.45) is 1.32. The number of carbonyl (C=O) groups is 4. The van der Waals surface area contributed by atoms with Crippen molar-refractivity contribution in [1.29, 1.82) is 5.26 Å². The van der Waals surface area contributed by atoms with Crippen LogP contribution in [0.25, 0.3) is 0 Å². The molecule has 5 rings (SSSR count). The Labute approximate surface area is 215 Å². The van der Waals surface area contributed by atoms with E-state index < -0.39 is 35.7 Å². The first-order chi connectivity index (χ1) is 17.5. The van der Waals surface area contributed by atoms with Crippen LogP contribution in [0.1, 0.15) is 50.4 Å². The van der Waals surface area contributed by atoms with Crippen LogP contribution in [0.3, 0.4) is 0 Å². The largest absolute Gasteiger partial charge is 0.444 e. The van der Waals surface area contributed by atoms with Crippen molar-refractivity contribution >= 4 is 29.5 Å². The summed E-state index contributed by atoms with van der Waals surface area (Å²) in [7, 11) is 0. The molecule has 3 aliphatic heterocycles. The highest BCUT2D eigenvalue weighted by atomic mass is 16.6. The van der Waals surface area contributed by atoms with Crippen molar-refractivity contribution < 1.29 is 23.9 Å². The van der Waals surface area contributed by atoms with E-state index >= 15 is 0 Å². The smallest absolute Gasteiger partial charge is 0.408 e. The number of fused-ring (bicyclic) bond motifs is 3. The van der Waals surface area contributed by atoms with Crippen molar-refractivity contribution in [2.75, 3.05) is 18.0 Å². The summed E-state index contributed by atoms with van der Waals surface area (Å²) in [5, 5.41) is 12.3. The van der Waals surface area contributed by atoms with Crippen LogP contribution in [0.2, 0.25) is 0 Å². The van der Waals surface area contributed by atoms with E-state index in [-0.39, 0.29) is 36.0 Å². The van der Waals surface area contributed by atoms with E-state index in [1.807, 2.05) is 4.90 Å². The van der Waals surface area contributed by atoms with Crippen LogP contribution in [0.5, 0.6) is 0 Å². The Hall–Kier alpha value is -3.65. The number of nitrogens with one attached hydrogen (secondary N) is 1. The third-order valence-electron chi connectivity index (χ3n) is 7.61. The first-order valence-electron chi connectivity index (χ1n) is 12.7. The fourth-order valence-corrected chi connectivity index (χ4v) is 6.01. The molecule has 3 heterocycles. The third kappa shape index (κ3) is 4.62. The molecule has 6 atom stereocenters. The zero-order chi connectivity index (χ0) is 26.6. The van der Waals surface area contributed by atoms with E-state index in [2.05, 4.69) is 11.4 Å². The van der Waals surface area contributed by atoms with Crippen LogP contribution >= 0.6 is 0 Å². The number of anilines is 1. The Balaban J connectivity index is 1.34. The average molecular weight is 509 g/mol. The number of piperazine rings is 1. The van der Waals surface area contributed by atoms with Gasteiger partial charge in [-0.05, 0) is 58.1 Å². The normalized spacial score (nSPS) is 29.0. The molecule has 0 spiro atoms. The Morgan fingerprint density at radius 1 is 1.22 bits per heavy atom. The van der Waals surface area contributed by atoms with Gasteiger partial charge in [0.1, 0.15) is 17.7 Å². The van der Waals surface area contributed by atoms with Crippen molar-refractivity contribution in [3.8, 4) is 6.07 Å². The molecule has 3 saturated heterocycles. The lowest BCUT2D eigenvalue weighted by atomic mass is 10.1. The Morgan fingerprint density at radius 3 is 2.59 bits per heavy atom. The molecule has 1 saturated carbocycles. The molecular formula is C26H32N6O5. The van der Waals surface area contributed by atoms with Gasteiger partial charge in [-0.15, -0.1) is 0 Å². The van der Waals surface area contributed by atoms with Gasteiger partial charge in [0.25, 0.3) is 5.91 Å². The van der Waals surface area contributed by atoms with E-state index in [4.69, 9.17) is 10.5 Å². The third-order valence-corrected chi connectivity index (χ3v) is 7.61. The number of carbonyl (C=O) groups excluding carboxylic acids is 4. The number of nitrogens with zero attached hydrogens (tertiary/aromatic N) is 4. The number of para-hydroxylation sites is 1. The molecule has 2 bridgehead atoms. The van der Waals surface area contributed by atoms with Crippen molar-refractivity contribution in [3.63, 3.8) is 0 Å². The van der Waals surface area contributed by atoms with Crippen LogP contribution < -0.4 is 16.0 Å². The Bertz CT molecular complexity index is 1190. The zero-order valence-electron chi connectivity index (χ0n) is 21.2. The molecule has 0 radical (unpaired) electrons.